The van der Waals surface area contributed by atoms with Gasteiger partial charge in [-0.15, -0.1) is 0 Å². The molecule has 14 heavy (non-hydrogen) atoms. The SMILES string of the molecule is N#CCCC(O)C(O)C(O)C(O)C=O. The number of aliphatic hydroxyl groups is 4. The molecule has 0 amide bonds. The minimum absolute atomic E-state index is 0.0160. The molecule has 0 aromatic carbocycles. The van der Waals surface area contributed by atoms with Gasteiger partial charge < -0.3 is 25.2 Å². The molecule has 4 unspecified atom stereocenters. The normalized spacial score (nSPS) is 19.1. The molecule has 0 aromatic heterocycles. The molecular formula is C8H13NO5. The van der Waals surface area contributed by atoms with E-state index in [1.165, 1.54) is 0 Å². The number of nitriles is 1. The standard InChI is InChI=1S/C8H13NO5/c9-3-1-2-5(11)7(13)8(14)6(12)4-10/h4-8,11-14H,1-2H2. The van der Waals surface area contributed by atoms with Crippen LogP contribution in [-0.4, -0.2) is 51.1 Å². The van der Waals surface area contributed by atoms with E-state index in [4.69, 9.17) is 15.5 Å². The predicted octanol–water partition coefficient (Wildman–Crippen LogP) is -2.07. The first kappa shape index (κ1) is 13.0. The van der Waals surface area contributed by atoms with E-state index in [1.807, 2.05) is 0 Å². The third-order valence-electron chi connectivity index (χ3n) is 1.79. The summed E-state index contributed by atoms with van der Waals surface area (Å²) in [5, 5.41) is 44.4. The van der Waals surface area contributed by atoms with Crippen molar-refractivity contribution in [1.29, 1.82) is 5.26 Å². The van der Waals surface area contributed by atoms with Crippen LogP contribution in [0.1, 0.15) is 12.8 Å². The van der Waals surface area contributed by atoms with Crippen molar-refractivity contribution in [2.24, 2.45) is 0 Å². The lowest BCUT2D eigenvalue weighted by molar-refractivity contribution is -0.133. The highest BCUT2D eigenvalue weighted by Crippen LogP contribution is 2.08. The molecular weight excluding hydrogens is 190 g/mol. The maximum atomic E-state index is 10.0. The minimum Gasteiger partial charge on any atom is -0.390 e. The summed E-state index contributed by atoms with van der Waals surface area (Å²) in [6.45, 7) is 0. The van der Waals surface area contributed by atoms with Crippen LogP contribution in [0, 0.1) is 11.3 Å². The summed E-state index contributed by atoms with van der Waals surface area (Å²) < 4.78 is 0. The van der Waals surface area contributed by atoms with Crippen LogP contribution in [-0.2, 0) is 4.79 Å². The smallest absolute Gasteiger partial charge is 0.151 e. The summed E-state index contributed by atoms with van der Waals surface area (Å²) in [5.74, 6) is 0. The first-order valence-corrected chi connectivity index (χ1v) is 4.09. The highest BCUT2D eigenvalue weighted by molar-refractivity contribution is 5.56. The fourth-order valence-electron chi connectivity index (χ4n) is 0.893. The van der Waals surface area contributed by atoms with Gasteiger partial charge in [0.25, 0.3) is 0 Å². The molecule has 0 aliphatic carbocycles. The van der Waals surface area contributed by atoms with Crippen LogP contribution in [0.4, 0.5) is 0 Å². The van der Waals surface area contributed by atoms with Crippen molar-refractivity contribution in [3.63, 3.8) is 0 Å². The molecule has 0 heterocycles. The summed E-state index contributed by atoms with van der Waals surface area (Å²) in [6.07, 6.45) is -6.39. The van der Waals surface area contributed by atoms with Crippen LogP contribution in [0.2, 0.25) is 0 Å². The second-order valence-corrected chi connectivity index (χ2v) is 2.87. The van der Waals surface area contributed by atoms with Gasteiger partial charge in [-0.05, 0) is 6.42 Å². The summed E-state index contributed by atoms with van der Waals surface area (Å²) in [5.41, 5.74) is 0. The van der Waals surface area contributed by atoms with Gasteiger partial charge in [0.05, 0.1) is 12.2 Å². The summed E-state index contributed by atoms with van der Waals surface area (Å²) in [7, 11) is 0. The number of rotatable bonds is 6. The summed E-state index contributed by atoms with van der Waals surface area (Å²) >= 11 is 0. The zero-order chi connectivity index (χ0) is 11.1. The van der Waals surface area contributed by atoms with Gasteiger partial charge in [-0.1, -0.05) is 0 Å². The molecule has 0 saturated heterocycles. The average molecular weight is 203 g/mol. The minimum atomic E-state index is -1.74. The van der Waals surface area contributed by atoms with Gasteiger partial charge >= 0.3 is 0 Å². The van der Waals surface area contributed by atoms with Gasteiger partial charge in [0, 0.05) is 6.42 Å². The van der Waals surface area contributed by atoms with Gasteiger partial charge in [0.1, 0.15) is 18.3 Å². The van der Waals surface area contributed by atoms with Crippen molar-refractivity contribution in [2.75, 3.05) is 0 Å². The second kappa shape index (κ2) is 6.45. The second-order valence-electron chi connectivity index (χ2n) is 2.87. The Bertz CT molecular complexity index is 214. The molecule has 0 spiro atoms. The third kappa shape index (κ3) is 3.81. The molecule has 6 nitrogen and oxygen atoms in total. The fourth-order valence-corrected chi connectivity index (χ4v) is 0.893. The van der Waals surface area contributed by atoms with Crippen LogP contribution >= 0.6 is 0 Å². The van der Waals surface area contributed by atoms with Crippen molar-refractivity contribution < 1.29 is 25.2 Å². The Kier molecular flexibility index (Phi) is 5.99. The Hall–Kier alpha value is -1.00. The van der Waals surface area contributed by atoms with E-state index >= 15 is 0 Å². The zero-order valence-corrected chi connectivity index (χ0v) is 7.45. The number of aldehydes is 1. The lowest BCUT2D eigenvalue weighted by Crippen LogP contribution is -2.45. The monoisotopic (exact) mass is 203 g/mol. The van der Waals surface area contributed by atoms with E-state index < -0.39 is 24.4 Å². The van der Waals surface area contributed by atoms with Gasteiger partial charge in [-0.25, -0.2) is 0 Å². The molecule has 0 saturated carbocycles. The highest BCUT2D eigenvalue weighted by atomic mass is 16.4. The highest BCUT2D eigenvalue weighted by Gasteiger charge is 2.29. The van der Waals surface area contributed by atoms with E-state index in [-0.39, 0.29) is 19.1 Å². The number of carbonyl (C=O) groups excluding carboxylic acids is 1. The average Bonchev–Trinajstić information content (AvgIpc) is 2.22. The van der Waals surface area contributed by atoms with E-state index in [9.17, 15) is 15.0 Å². The van der Waals surface area contributed by atoms with E-state index in [2.05, 4.69) is 0 Å². The van der Waals surface area contributed by atoms with E-state index in [1.54, 1.807) is 6.07 Å². The van der Waals surface area contributed by atoms with E-state index in [0.29, 0.717) is 0 Å². The number of hydrogen-bond donors (Lipinski definition) is 4. The molecule has 0 radical (unpaired) electrons. The van der Waals surface area contributed by atoms with Gasteiger partial charge in [-0.3, -0.25) is 0 Å². The number of carbonyl (C=O) groups is 1. The van der Waals surface area contributed by atoms with Crippen molar-refractivity contribution in [1.82, 2.24) is 0 Å². The molecule has 80 valence electrons. The van der Waals surface area contributed by atoms with Crippen molar-refractivity contribution in [3.05, 3.63) is 0 Å². The largest absolute Gasteiger partial charge is 0.390 e. The van der Waals surface area contributed by atoms with Crippen LogP contribution < -0.4 is 0 Å². The van der Waals surface area contributed by atoms with Gasteiger partial charge in [-0.2, -0.15) is 5.26 Å². The molecule has 4 N–H and O–H groups in total. The van der Waals surface area contributed by atoms with Crippen LogP contribution in [0.5, 0.6) is 0 Å². The maximum Gasteiger partial charge on any atom is 0.151 e. The number of nitrogens with zero attached hydrogens (tertiary/aromatic N) is 1. The molecule has 0 rings (SSSR count). The van der Waals surface area contributed by atoms with Crippen LogP contribution in [0.25, 0.3) is 0 Å². The molecule has 0 aromatic rings. The Morgan fingerprint density at radius 2 is 1.79 bits per heavy atom. The van der Waals surface area contributed by atoms with Crippen LogP contribution in [0.15, 0.2) is 0 Å². The first-order valence-electron chi connectivity index (χ1n) is 4.09. The molecule has 0 bridgehead atoms. The quantitative estimate of drug-likeness (QED) is 0.368. The maximum absolute atomic E-state index is 10.0. The zero-order valence-electron chi connectivity index (χ0n) is 7.45. The van der Waals surface area contributed by atoms with Gasteiger partial charge in [0.15, 0.2) is 6.29 Å². The van der Waals surface area contributed by atoms with Crippen LogP contribution in [0.3, 0.4) is 0 Å². The predicted molar refractivity (Wildman–Crippen MR) is 44.9 cm³/mol. The van der Waals surface area contributed by atoms with Crippen molar-refractivity contribution in [3.8, 4) is 6.07 Å². The molecule has 4 atom stereocenters. The number of aliphatic hydroxyl groups excluding tert-OH is 4. The Morgan fingerprint density at radius 3 is 2.21 bits per heavy atom. The Balaban J connectivity index is 4.10. The van der Waals surface area contributed by atoms with Gasteiger partial charge in [0.2, 0.25) is 0 Å². The fraction of sp³-hybridized carbons (Fsp3) is 0.750. The topological polar surface area (TPSA) is 122 Å². The summed E-state index contributed by atoms with van der Waals surface area (Å²) in [4.78, 5) is 10.0. The third-order valence-corrected chi connectivity index (χ3v) is 1.79. The lowest BCUT2D eigenvalue weighted by Gasteiger charge is -2.23. The molecule has 0 aliphatic heterocycles. The Labute approximate surface area is 81.0 Å². The number of hydrogen-bond acceptors (Lipinski definition) is 6. The Morgan fingerprint density at radius 1 is 1.21 bits per heavy atom. The lowest BCUT2D eigenvalue weighted by atomic mass is 10.0. The van der Waals surface area contributed by atoms with Crippen molar-refractivity contribution in [2.45, 2.75) is 37.3 Å². The molecule has 0 aliphatic rings. The van der Waals surface area contributed by atoms with Crippen molar-refractivity contribution >= 4 is 6.29 Å². The molecule has 6 heteroatoms. The first-order chi connectivity index (χ1) is 6.54. The molecule has 0 fully saturated rings. The summed E-state index contributed by atoms with van der Waals surface area (Å²) in [6, 6.07) is 1.75. The van der Waals surface area contributed by atoms with E-state index in [0.717, 1.165) is 0 Å².